The molecule has 0 aromatic carbocycles. The Morgan fingerprint density at radius 2 is 1.45 bits per heavy atom. The van der Waals surface area contributed by atoms with Crippen LogP contribution in [0.2, 0.25) is 0 Å². The Morgan fingerprint density at radius 1 is 1.00 bits per heavy atom. The molecule has 0 amide bonds. The van der Waals surface area contributed by atoms with Gasteiger partial charge in [0.05, 0.1) is 0 Å². The van der Waals surface area contributed by atoms with Crippen LogP contribution in [0.25, 0.3) is 0 Å². The second-order valence-electron chi connectivity index (χ2n) is 5.25. The van der Waals surface area contributed by atoms with Gasteiger partial charge in [0.15, 0.2) is 0 Å². The summed E-state index contributed by atoms with van der Waals surface area (Å²) in [5, 5.41) is 9.30. The molecule has 0 bridgehead atoms. The fraction of sp³-hybridized carbons (Fsp3) is 1.00. The lowest BCUT2D eigenvalue weighted by atomic mass is 8.96. The molecule has 58 valence electrons. The number of aliphatic hydroxyl groups is 1. The highest BCUT2D eigenvalue weighted by molar-refractivity contribution is 14.1. The van der Waals surface area contributed by atoms with Gasteiger partial charge in [0.2, 0.25) is 0 Å². The Labute approximate surface area is 78.7 Å². The molecule has 0 saturated heterocycles. The summed E-state index contributed by atoms with van der Waals surface area (Å²) >= 11 is 2.72. The molecule has 6 fully saturated rings. The second-order valence-corrected chi connectivity index (χ2v) is 7.12. The summed E-state index contributed by atoms with van der Waals surface area (Å²) in [5.74, 6) is 6.25. The predicted molar refractivity (Wildman–Crippen MR) is 47.2 cm³/mol. The maximum Gasteiger partial charge on any atom is 0.0496 e. The zero-order valence-corrected chi connectivity index (χ0v) is 8.15. The normalized spacial score (nSPS) is 95.5. The van der Waals surface area contributed by atoms with E-state index in [1.54, 1.807) is 0 Å². The highest BCUT2D eigenvalue weighted by Crippen LogP contribution is 3.08. The average Bonchev–Trinajstić information content (AvgIpc) is 2.06. The summed E-state index contributed by atoms with van der Waals surface area (Å²) in [5.41, 5.74) is 0.535. The molecule has 0 radical (unpaired) electrons. The van der Waals surface area contributed by atoms with Crippen LogP contribution in [-0.2, 0) is 0 Å². The Morgan fingerprint density at radius 3 is 1.82 bits per heavy atom. The van der Waals surface area contributed by atoms with Crippen molar-refractivity contribution in [2.45, 2.75) is 3.42 Å². The number of hydrogen-bond acceptors (Lipinski definition) is 1. The molecule has 0 heterocycles. The molecule has 6 rings (SSSR count). The summed E-state index contributed by atoms with van der Waals surface area (Å²) in [6.07, 6.45) is 0. The molecule has 0 aromatic heterocycles. The Hall–Kier alpha value is 0.690. The summed E-state index contributed by atoms with van der Waals surface area (Å²) in [6, 6.07) is 0. The minimum Gasteiger partial charge on any atom is -0.396 e. The van der Waals surface area contributed by atoms with Crippen LogP contribution in [0, 0.1) is 40.9 Å². The Balaban J connectivity index is 1.76. The zero-order valence-electron chi connectivity index (χ0n) is 6.00. The molecule has 0 atom stereocenters. The van der Waals surface area contributed by atoms with E-state index in [1.165, 1.54) is 0 Å². The van der Waals surface area contributed by atoms with Crippen molar-refractivity contribution in [3.8, 4) is 0 Å². The third-order valence-corrected chi connectivity index (χ3v) is 8.15. The van der Waals surface area contributed by atoms with Gasteiger partial charge in [-0.3, -0.25) is 0 Å². The lowest BCUT2D eigenvalue weighted by molar-refractivity contribution is -0.594. The zero-order chi connectivity index (χ0) is 7.17. The molecular formula is C9H9IO. The molecule has 6 aliphatic carbocycles. The summed E-state index contributed by atoms with van der Waals surface area (Å²) in [4.78, 5) is 0. The molecule has 6 saturated carbocycles. The van der Waals surface area contributed by atoms with Gasteiger partial charge in [-0.2, -0.15) is 0 Å². The molecule has 2 heteroatoms. The van der Waals surface area contributed by atoms with Crippen LogP contribution >= 0.6 is 22.6 Å². The topological polar surface area (TPSA) is 20.2 Å². The Bertz CT molecular complexity index is 257. The third-order valence-electron chi connectivity index (χ3n) is 5.99. The maximum absolute atomic E-state index is 9.30. The van der Waals surface area contributed by atoms with Gasteiger partial charge in [-0.05, 0) is 35.5 Å². The highest BCUT2D eigenvalue weighted by Gasteiger charge is 3.09. The highest BCUT2D eigenvalue weighted by atomic mass is 127. The molecule has 11 heavy (non-hydrogen) atoms. The van der Waals surface area contributed by atoms with E-state index in [1.807, 2.05) is 0 Å². The smallest absolute Gasteiger partial charge is 0.0496 e. The molecule has 0 aliphatic heterocycles. The summed E-state index contributed by atoms with van der Waals surface area (Å²) in [6.45, 7) is 0.517. The molecule has 1 nitrogen and oxygen atoms in total. The van der Waals surface area contributed by atoms with Gasteiger partial charge >= 0.3 is 0 Å². The minimum atomic E-state index is 0.517. The first-order chi connectivity index (χ1) is 5.29. The minimum absolute atomic E-state index is 0.517. The van der Waals surface area contributed by atoms with Crippen molar-refractivity contribution in [2.24, 2.45) is 40.9 Å². The van der Waals surface area contributed by atoms with E-state index in [9.17, 15) is 5.11 Å². The van der Waals surface area contributed by atoms with Gasteiger partial charge in [-0.15, -0.1) is 0 Å². The van der Waals surface area contributed by atoms with Crippen molar-refractivity contribution >= 4 is 22.6 Å². The van der Waals surface area contributed by atoms with Crippen molar-refractivity contribution in [1.82, 2.24) is 0 Å². The average molecular weight is 260 g/mol. The van der Waals surface area contributed by atoms with E-state index in [2.05, 4.69) is 22.6 Å². The fourth-order valence-electron chi connectivity index (χ4n) is 5.94. The van der Waals surface area contributed by atoms with Gasteiger partial charge in [0.25, 0.3) is 0 Å². The monoisotopic (exact) mass is 260 g/mol. The van der Waals surface area contributed by atoms with Crippen molar-refractivity contribution in [2.75, 3.05) is 6.61 Å². The molecule has 0 spiro atoms. The van der Waals surface area contributed by atoms with Crippen molar-refractivity contribution < 1.29 is 5.11 Å². The molecule has 6 aliphatic rings. The van der Waals surface area contributed by atoms with Crippen LogP contribution in [-0.4, -0.2) is 15.1 Å². The second kappa shape index (κ2) is 0.999. The number of aliphatic hydroxyl groups excluding tert-OH is 1. The van der Waals surface area contributed by atoms with Gasteiger partial charge < -0.3 is 5.11 Å². The van der Waals surface area contributed by atoms with Crippen LogP contribution < -0.4 is 0 Å². The maximum atomic E-state index is 9.30. The Kier molecular flexibility index (Phi) is 0.493. The molecule has 0 aromatic rings. The SMILES string of the molecule is OCC12C3C4C1C1C2C3C41I. The van der Waals surface area contributed by atoms with Gasteiger partial charge in [0, 0.05) is 15.4 Å². The number of rotatable bonds is 1. The van der Waals surface area contributed by atoms with Crippen molar-refractivity contribution in [1.29, 1.82) is 0 Å². The quantitative estimate of drug-likeness (QED) is 0.548. The predicted octanol–water partition coefficient (Wildman–Crippen LogP) is 0.904. The van der Waals surface area contributed by atoms with Crippen molar-refractivity contribution in [3.05, 3.63) is 0 Å². The van der Waals surface area contributed by atoms with Gasteiger partial charge in [-0.1, -0.05) is 22.6 Å². The van der Waals surface area contributed by atoms with Crippen LogP contribution in [0.15, 0.2) is 0 Å². The van der Waals surface area contributed by atoms with E-state index >= 15 is 0 Å². The first-order valence-corrected chi connectivity index (χ1v) is 5.67. The third kappa shape index (κ3) is 0.199. The van der Waals surface area contributed by atoms with Gasteiger partial charge in [0.1, 0.15) is 0 Å². The van der Waals surface area contributed by atoms with Crippen LogP contribution in [0.5, 0.6) is 0 Å². The first-order valence-electron chi connectivity index (χ1n) is 4.59. The standard InChI is InChI=1S/C9H9IO/c10-9-5-2-6(9)4-7(9)3(5)8(2,4)1-11/h2-7,11H,1H2. The number of hydrogen-bond donors (Lipinski definition) is 1. The molecular weight excluding hydrogens is 251 g/mol. The van der Waals surface area contributed by atoms with Gasteiger partial charge in [-0.25, -0.2) is 0 Å². The fourth-order valence-corrected chi connectivity index (χ4v) is 8.26. The van der Waals surface area contributed by atoms with E-state index < -0.39 is 0 Å². The van der Waals surface area contributed by atoms with Crippen LogP contribution in [0.3, 0.4) is 0 Å². The summed E-state index contributed by atoms with van der Waals surface area (Å²) in [7, 11) is 0. The van der Waals surface area contributed by atoms with Crippen LogP contribution in [0.1, 0.15) is 0 Å². The first kappa shape index (κ1) is 5.43. The number of alkyl halides is 1. The van der Waals surface area contributed by atoms with E-state index in [4.69, 9.17) is 0 Å². The van der Waals surface area contributed by atoms with E-state index in [-0.39, 0.29) is 0 Å². The molecule has 1 N–H and O–H groups in total. The van der Waals surface area contributed by atoms with E-state index in [0.717, 1.165) is 38.9 Å². The van der Waals surface area contributed by atoms with Crippen LogP contribution in [0.4, 0.5) is 0 Å². The summed E-state index contributed by atoms with van der Waals surface area (Å²) < 4.78 is 0.800. The number of halogens is 1. The lowest BCUT2D eigenvalue weighted by Gasteiger charge is -3.10. The largest absolute Gasteiger partial charge is 0.396 e. The lowest BCUT2D eigenvalue weighted by Crippen LogP contribution is -3.11. The molecule has 0 unspecified atom stereocenters. The van der Waals surface area contributed by atoms with Crippen molar-refractivity contribution in [3.63, 3.8) is 0 Å². The van der Waals surface area contributed by atoms with E-state index in [0.29, 0.717) is 12.0 Å².